The molecular weight excluding hydrogens is 400 g/mol. The van der Waals surface area contributed by atoms with Gasteiger partial charge < -0.3 is 14.2 Å². The minimum absolute atomic E-state index is 0.264. The van der Waals surface area contributed by atoms with Crippen LogP contribution in [0, 0.1) is 0 Å². The van der Waals surface area contributed by atoms with Crippen LogP contribution < -0.4 is 9.47 Å². The van der Waals surface area contributed by atoms with Crippen LogP contribution in [0.5, 0.6) is 11.5 Å². The minimum atomic E-state index is -0.569. The molecule has 0 bridgehead atoms. The van der Waals surface area contributed by atoms with Crippen LogP contribution in [0.3, 0.4) is 0 Å². The Labute approximate surface area is 152 Å². The number of carbonyl (C=O) groups excluding carboxylic acids is 2. The fraction of sp³-hybridized carbons (Fsp3) is 0.176. The molecule has 0 aliphatic carbocycles. The van der Waals surface area contributed by atoms with Crippen molar-refractivity contribution >= 4 is 39.5 Å². The Hall–Kier alpha value is -2.05. The Morgan fingerprint density at radius 3 is 2.46 bits per heavy atom. The van der Waals surface area contributed by atoms with Crippen molar-refractivity contribution < 1.29 is 23.8 Å². The fourth-order valence-electron chi connectivity index (χ4n) is 1.76. The first-order chi connectivity index (χ1) is 11.5. The third-order valence-electron chi connectivity index (χ3n) is 2.84. The van der Waals surface area contributed by atoms with E-state index in [0.29, 0.717) is 33.2 Å². The molecular formula is C17H14BrClO5. The summed E-state index contributed by atoms with van der Waals surface area (Å²) in [6.45, 7) is 1.76. The van der Waals surface area contributed by atoms with Gasteiger partial charge in [0, 0.05) is 5.02 Å². The highest BCUT2D eigenvalue weighted by atomic mass is 79.9. The lowest BCUT2D eigenvalue weighted by molar-refractivity contribution is -0.136. The lowest BCUT2D eigenvalue weighted by atomic mass is 10.2. The van der Waals surface area contributed by atoms with Gasteiger partial charge in [-0.05, 0) is 65.3 Å². The minimum Gasteiger partial charge on any atom is -0.481 e. The molecule has 0 fully saturated rings. The second kappa shape index (κ2) is 8.70. The van der Waals surface area contributed by atoms with Gasteiger partial charge in [0.15, 0.2) is 6.61 Å². The van der Waals surface area contributed by atoms with Gasteiger partial charge in [0.25, 0.3) is 0 Å². The van der Waals surface area contributed by atoms with Gasteiger partial charge in [0.05, 0.1) is 16.6 Å². The number of rotatable bonds is 6. The third kappa shape index (κ3) is 5.25. The summed E-state index contributed by atoms with van der Waals surface area (Å²) in [7, 11) is 0. The van der Waals surface area contributed by atoms with Crippen molar-refractivity contribution in [2.75, 3.05) is 13.2 Å². The fourth-order valence-corrected chi connectivity index (χ4v) is 2.56. The molecule has 5 nitrogen and oxygen atoms in total. The zero-order valence-electron chi connectivity index (χ0n) is 12.8. The van der Waals surface area contributed by atoms with Crippen molar-refractivity contribution in [1.82, 2.24) is 0 Å². The lowest BCUT2D eigenvalue weighted by Gasteiger charge is -2.09. The Bertz CT molecular complexity index is 730. The highest BCUT2D eigenvalue weighted by Crippen LogP contribution is 2.27. The van der Waals surface area contributed by atoms with Crippen molar-refractivity contribution in [3.63, 3.8) is 0 Å². The zero-order valence-corrected chi connectivity index (χ0v) is 15.1. The summed E-state index contributed by atoms with van der Waals surface area (Å²) in [4.78, 5) is 23.3. The number of benzene rings is 2. The number of esters is 2. The molecule has 0 heterocycles. The van der Waals surface area contributed by atoms with Crippen LogP contribution in [-0.2, 0) is 9.53 Å². The van der Waals surface area contributed by atoms with Gasteiger partial charge in [-0.3, -0.25) is 0 Å². The van der Waals surface area contributed by atoms with Gasteiger partial charge in [-0.1, -0.05) is 11.6 Å². The van der Waals surface area contributed by atoms with Crippen molar-refractivity contribution in [3.05, 3.63) is 57.5 Å². The molecule has 0 aromatic heterocycles. The van der Waals surface area contributed by atoms with E-state index in [1.807, 2.05) is 0 Å². The summed E-state index contributed by atoms with van der Waals surface area (Å²) in [5.74, 6) is -0.201. The van der Waals surface area contributed by atoms with E-state index in [4.69, 9.17) is 25.8 Å². The maximum Gasteiger partial charge on any atom is 0.349 e. The quantitative estimate of drug-likeness (QED) is 0.523. The van der Waals surface area contributed by atoms with E-state index in [1.165, 1.54) is 24.3 Å². The van der Waals surface area contributed by atoms with Crippen LogP contribution in [0.25, 0.3) is 0 Å². The van der Waals surface area contributed by atoms with Crippen molar-refractivity contribution in [1.29, 1.82) is 0 Å². The normalized spacial score (nSPS) is 10.1. The topological polar surface area (TPSA) is 61.8 Å². The maximum absolute atomic E-state index is 11.8. The van der Waals surface area contributed by atoms with Crippen molar-refractivity contribution in [3.8, 4) is 11.5 Å². The molecule has 0 spiro atoms. The molecule has 0 saturated heterocycles. The van der Waals surface area contributed by atoms with Crippen LogP contribution in [0.1, 0.15) is 17.3 Å². The summed E-state index contributed by atoms with van der Waals surface area (Å²) in [6.07, 6.45) is 0. The van der Waals surface area contributed by atoms with Gasteiger partial charge >= 0.3 is 11.9 Å². The van der Waals surface area contributed by atoms with E-state index in [0.717, 1.165) is 0 Å². The van der Waals surface area contributed by atoms with Gasteiger partial charge in [0.2, 0.25) is 0 Å². The van der Waals surface area contributed by atoms with Gasteiger partial charge in [-0.15, -0.1) is 0 Å². The van der Waals surface area contributed by atoms with Crippen LogP contribution >= 0.6 is 27.5 Å². The third-order valence-corrected chi connectivity index (χ3v) is 3.69. The van der Waals surface area contributed by atoms with E-state index in [1.54, 1.807) is 25.1 Å². The molecule has 0 unspecified atom stereocenters. The summed E-state index contributed by atoms with van der Waals surface area (Å²) >= 11 is 9.12. The van der Waals surface area contributed by atoms with Crippen LogP contribution in [-0.4, -0.2) is 25.2 Å². The lowest BCUT2D eigenvalue weighted by Crippen LogP contribution is -2.17. The summed E-state index contributed by atoms with van der Waals surface area (Å²) < 4.78 is 16.0. The second-order valence-electron chi connectivity index (χ2n) is 4.58. The number of hydrogen-bond donors (Lipinski definition) is 0. The molecule has 7 heteroatoms. The molecule has 2 rings (SSSR count). The summed E-state index contributed by atoms with van der Waals surface area (Å²) in [5.41, 5.74) is 0.387. The average Bonchev–Trinajstić information content (AvgIpc) is 2.55. The van der Waals surface area contributed by atoms with Gasteiger partial charge in [0.1, 0.15) is 11.5 Å². The molecule has 126 valence electrons. The standard InChI is InChI=1S/C17H14BrClO5/c1-2-22-17(21)11-3-6-13(7-4-11)24-16(20)10-23-15-8-5-12(19)9-14(15)18/h3-9H,2,10H2,1H3. The maximum atomic E-state index is 11.8. The molecule has 0 saturated carbocycles. The Balaban J connectivity index is 1.89. The highest BCUT2D eigenvalue weighted by Gasteiger charge is 2.10. The SMILES string of the molecule is CCOC(=O)c1ccc(OC(=O)COc2ccc(Cl)cc2Br)cc1. The molecule has 0 N–H and O–H groups in total. The second-order valence-corrected chi connectivity index (χ2v) is 5.87. The number of carbonyl (C=O) groups is 2. The highest BCUT2D eigenvalue weighted by molar-refractivity contribution is 9.10. The smallest absolute Gasteiger partial charge is 0.349 e. The number of hydrogen-bond acceptors (Lipinski definition) is 5. The van der Waals surface area contributed by atoms with E-state index >= 15 is 0 Å². The zero-order chi connectivity index (χ0) is 17.5. The van der Waals surface area contributed by atoms with E-state index < -0.39 is 11.9 Å². The van der Waals surface area contributed by atoms with Crippen molar-refractivity contribution in [2.45, 2.75) is 6.92 Å². The van der Waals surface area contributed by atoms with Crippen LogP contribution in [0.4, 0.5) is 0 Å². The number of halogens is 2. The predicted octanol–water partition coefficient (Wildman–Crippen LogP) is 4.26. The molecule has 0 aliphatic rings. The molecule has 0 aliphatic heterocycles. The molecule has 2 aromatic carbocycles. The van der Waals surface area contributed by atoms with E-state index in [-0.39, 0.29) is 6.61 Å². The van der Waals surface area contributed by atoms with Crippen LogP contribution in [0.15, 0.2) is 46.9 Å². The number of ether oxygens (including phenoxy) is 3. The monoisotopic (exact) mass is 412 g/mol. The molecule has 24 heavy (non-hydrogen) atoms. The summed E-state index contributed by atoms with van der Waals surface area (Å²) in [6, 6.07) is 11.0. The first-order valence-electron chi connectivity index (χ1n) is 7.05. The Morgan fingerprint density at radius 2 is 1.83 bits per heavy atom. The average molecular weight is 414 g/mol. The van der Waals surface area contributed by atoms with Crippen molar-refractivity contribution in [2.24, 2.45) is 0 Å². The Kier molecular flexibility index (Phi) is 6.63. The molecule has 0 amide bonds. The largest absolute Gasteiger partial charge is 0.481 e. The molecule has 0 radical (unpaired) electrons. The van der Waals surface area contributed by atoms with Gasteiger partial charge in [-0.25, -0.2) is 9.59 Å². The molecule has 2 aromatic rings. The Morgan fingerprint density at radius 1 is 1.12 bits per heavy atom. The summed E-state index contributed by atoms with van der Waals surface area (Å²) in [5, 5.41) is 0.554. The first kappa shape index (κ1) is 18.3. The van der Waals surface area contributed by atoms with Crippen LogP contribution in [0.2, 0.25) is 5.02 Å². The van der Waals surface area contributed by atoms with Gasteiger partial charge in [-0.2, -0.15) is 0 Å². The molecule has 0 atom stereocenters. The predicted molar refractivity (Wildman–Crippen MR) is 92.7 cm³/mol. The van der Waals surface area contributed by atoms with E-state index in [9.17, 15) is 9.59 Å². The van der Waals surface area contributed by atoms with E-state index in [2.05, 4.69) is 15.9 Å². The first-order valence-corrected chi connectivity index (χ1v) is 8.22.